The fourth-order valence-corrected chi connectivity index (χ4v) is 2.51. The number of rotatable bonds is 3. The number of Topliss-reactive ketones (excluding diaryl/α,β-unsaturated/α-hetero) is 1. The molecule has 0 heterocycles. The largest absolute Gasteiger partial charge is 0.294 e. The molecule has 2 aromatic carbocycles. The van der Waals surface area contributed by atoms with Crippen LogP contribution in [0, 0.1) is 5.82 Å². The number of carbonyl (C=O) groups is 1. The molecule has 0 aliphatic rings. The number of carbonyl (C=O) groups excluding carboxylic acids is 1. The number of halogens is 3. The van der Waals surface area contributed by atoms with Crippen molar-refractivity contribution in [2.45, 2.75) is 13.3 Å². The van der Waals surface area contributed by atoms with Gasteiger partial charge < -0.3 is 0 Å². The molecular weight excluding hydrogens is 286 g/mol. The molecule has 0 atom stereocenters. The van der Waals surface area contributed by atoms with E-state index in [9.17, 15) is 9.18 Å². The van der Waals surface area contributed by atoms with Gasteiger partial charge in [0.25, 0.3) is 0 Å². The van der Waals surface area contributed by atoms with Gasteiger partial charge in [-0.3, -0.25) is 4.79 Å². The van der Waals surface area contributed by atoms with Crippen LogP contribution in [0.5, 0.6) is 0 Å². The number of hydrogen-bond acceptors (Lipinski definition) is 1. The Balaban J connectivity index is 2.74. The average molecular weight is 297 g/mol. The maximum atomic E-state index is 13.5. The van der Waals surface area contributed by atoms with E-state index in [1.54, 1.807) is 25.1 Å². The van der Waals surface area contributed by atoms with E-state index >= 15 is 0 Å². The van der Waals surface area contributed by atoms with E-state index < -0.39 is 5.82 Å². The maximum Gasteiger partial charge on any atom is 0.163 e. The van der Waals surface area contributed by atoms with Crippen LogP contribution in [-0.4, -0.2) is 5.78 Å². The molecule has 98 valence electrons. The van der Waals surface area contributed by atoms with E-state index in [2.05, 4.69) is 0 Å². The predicted molar refractivity (Wildman–Crippen MR) is 76.5 cm³/mol. The van der Waals surface area contributed by atoms with Gasteiger partial charge in [0.05, 0.1) is 0 Å². The molecule has 0 aromatic heterocycles. The van der Waals surface area contributed by atoms with Gasteiger partial charge in [-0.05, 0) is 35.9 Å². The van der Waals surface area contributed by atoms with Gasteiger partial charge in [0.15, 0.2) is 5.78 Å². The summed E-state index contributed by atoms with van der Waals surface area (Å²) in [5.74, 6) is -0.510. The van der Waals surface area contributed by atoms with Crippen molar-refractivity contribution >= 4 is 29.0 Å². The Kier molecular flexibility index (Phi) is 4.23. The Morgan fingerprint density at radius 3 is 2.37 bits per heavy atom. The Labute approximate surface area is 121 Å². The zero-order valence-corrected chi connectivity index (χ0v) is 11.7. The highest BCUT2D eigenvalue weighted by Gasteiger charge is 2.16. The summed E-state index contributed by atoms with van der Waals surface area (Å²) in [5.41, 5.74) is 1.35. The van der Waals surface area contributed by atoms with Crippen molar-refractivity contribution in [2.24, 2.45) is 0 Å². The second-order valence-corrected chi connectivity index (χ2v) is 4.88. The highest BCUT2D eigenvalue weighted by molar-refractivity contribution is 6.39. The second kappa shape index (κ2) is 5.72. The third kappa shape index (κ3) is 2.80. The summed E-state index contributed by atoms with van der Waals surface area (Å²) in [6, 6.07) is 9.04. The van der Waals surface area contributed by atoms with Crippen molar-refractivity contribution in [1.29, 1.82) is 0 Å². The third-order valence-electron chi connectivity index (χ3n) is 2.84. The predicted octanol–water partition coefficient (Wildman–Crippen LogP) is 5.39. The van der Waals surface area contributed by atoms with Crippen LogP contribution in [-0.2, 0) is 0 Å². The normalized spacial score (nSPS) is 10.5. The van der Waals surface area contributed by atoms with E-state index in [0.29, 0.717) is 33.2 Å². The van der Waals surface area contributed by atoms with Crippen LogP contribution in [0.25, 0.3) is 11.1 Å². The molecule has 2 rings (SSSR count). The third-order valence-corrected chi connectivity index (χ3v) is 3.47. The summed E-state index contributed by atoms with van der Waals surface area (Å²) >= 11 is 12.2. The van der Waals surface area contributed by atoms with Crippen molar-refractivity contribution < 1.29 is 9.18 Å². The van der Waals surface area contributed by atoms with Gasteiger partial charge in [-0.2, -0.15) is 0 Å². The van der Waals surface area contributed by atoms with Gasteiger partial charge in [-0.1, -0.05) is 36.2 Å². The van der Waals surface area contributed by atoms with E-state index in [4.69, 9.17) is 23.2 Å². The number of ketones is 1. The molecule has 0 saturated carbocycles. The maximum absolute atomic E-state index is 13.5. The van der Waals surface area contributed by atoms with Crippen molar-refractivity contribution in [3.05, 3.63) is 57.8 Å². The fourth-order valence-electron chi connectivity index (χ4n) is 1.91. The van der Waals surface area contributed by atoms with Gasteiger partial charge in [-0.15, -0.1) is 0 Å². The van der Waals surface area contributed by atoms with Crippen LogP contribution in [0.2, 0.25) is 10.0 Å². The lowest BCUT2D eigenvalue weighted by molar-refractivity contribution is 0.0989. The molecule has 0 spiro atoms. The Bertz CT molecular complexity index is 618. The summed E-state index contributed by atoms with van der Waals surface area (Å²) < 4.78 is 13.5. The highest BCUT2D eigenvalue weighted by atomic mass is 35.5. The first-order valence-electron chi connectivity index (χ1n) is 5.81. The lowest BCUT2D eigenvalue weighted by Gasteiger charge is -2.11. The average Bonchev–Trinajstić information content (AvgIpc) is 2.38. The molecule has 1 nitrogen and oxygen atoms in total. The minimum Gasteiger partial charge on any atom is -0.294 e. The first-order chi connectivity index (χ1) is 9.04. The van der Waals surface area contributed by atoms with Crippen molar-refractivity contribution in [1.82, 2.24) is 0 Å². The van der Waals surface area contributed by atoms with Crippen LogP contribution < -0.4 is 0 Å². The van der Waals surface area contributed by atoms with Gasteiger partial charge in [0.2, 0.25) is 0 Å². The Morgan fingerprint density at radius 2 is 1.79 bits per heavy atom. The van der Waals surface area contributed by atoms with Crippen LogP contribution >= 0.6 is 23.2 Å². The van der Waals surface area contributed by atoms with Crippen molar-refractivity contribution in [3.8, 4) is 11.1 Å². The monoisotopic (exact) mass is 296 g/mol. The summed E-state index contributed by atoms with van der Waals surface area (Å²) in [6.45, 7) is 1.75. The quantitative estimate of drug-likeness (QED) is 0.694. The lowest BCUT2D eigenvalue weighted by Crippen LogP contribution is -2.01. The smallest absolute Gasteiger partial charge is 0.163 e. The molecule has 2 aromatic rings. The summed E-state index contributed by atoms with van der Waals surface area (Å²) in [5, 5.41) is 0.784. The zero-order valence-electron chi connectivity index (χ0n) is 10.2. The SMILES string of the molecule is CCC(=O)c1ccc(F)cc1-c1c(Cl)cccc1Cl. The molecular formula is C15H11Cl2FO. The van der Waals surface area contributed by atoms with Gasteiger partial charge >= 0.3 is 0 Å². The first kappa shape index (κ1) is 14.0. The number of hydrogen-bond donors (Lipinski definition) is 0. The molecule has 0 N–H and O–H groups in total. The highest BCUT2D eigenvalue weighted by Crippen LogP contribution is 2.37. The topological polar surface area (TPSA) is 17.1 Å². The fraction of sp³-hybridized carbons (Fsp3) is 0.133. The molecule has 0 fully saturated rings. The van der Waals surface area contributed by atoms with Crippen LogP contribution in [0.3, 0.4) is 0 Å². The van der Waals surface area contributed by atoms with E-state index in [1.807, 2.05) is 0 Å². The molecule has 0 saturated heterocycles. The second-order valence-electron chi connectivity index (χ2n) is 4.06. The van der Waals surface area contributed by atoms with Crippen molar-refractivity contribution in [3.63, 3.8) is 0 Å². The molecule has 0 bridgehead atoms. The van der Waals surface area contributed by atoms with Crippen molar-refractivity contribution in [2.75, 3.05) is 0 Å². The number of benzene rings is 2. The minimum absolute atomic E-state index is 0.0778. The summed E-state index contributed by atoms with van der Waals surface area (Å²) in [4.78, 5) is 11.9. The molecule has 0 radical (unpaired) electrons. The first-order valence-corrected chi connectivity index (χ1v) is 6.57. The Morgan fingerprint density at radius 1 is 1.16 bits per heavy atom. The zero-order chi connectivity index (χ0) is 14.0. The molecule has 0 amide bonds. The van der Waals surface area contributed by atoms with Gasteiger partial charge in [-0.25, -0.2) is 4.39 Å². The van der Waals surface area contributed by atoms with Gasteiger partial charge in [0.1, 0.15) is 5.82 Å². The summed E-state index contributed by atoms with van der Waals surface area (Å²) in [6.07, 6.45) is 0.334. The van der Waals surface area contributed by atoms with Crippen LogP contribution in [0.4, 0.5) is 4.39 Å². The molecule has 0 unspecified atom stereocenters. The molecule has 19 heavy (non-hydrogen) atoms. The summed E-state index contributed by atoms with van der Waals surface area (Å²) in [7, 11) is 0. The Hall–Kier alpha value is -1.38. The lowest BCUT2D eigenvalue weighted by atomic mass is 9.96. The standard InChI is InChI=1S/C15H11Cl2FO/c1-2-14(19)10-7-6-9(18)8-11(10)15-12(16)4-3-5-13(15)17/h3-8H,2H2,1H3. The van der Waals surface area contributed by atoms with Crippen LogP contribution in [0.1, 0.15) is 23.7 Å². The van der Waals surface area contributed by atoms with E-state index in [1.165, 1.54) is 18.2 Å². The molecule has 0 aliphatic carbocycles. The molecule has 0 aliphatic heterocycles. The van der Waals surface area contributed by atoms with Gasteiger partial charge in [0, 0.05) is 27.6 Å². The van der Waals surface area contributed by atoms with E-state index in [-0.39, 0.29) is 5.78 Å². The van der Waals surface area contributed by atoms with E-state index in [0.717, 1.165) is 0 Å². The van der Waals surface area contributed by atoms with Crippen LogP contribution in [0.15, 0.2) is 36.4 Å². The molecule has 4 heteroatoms. The minimum atomic E-state index is -0.432.